The van der Waals surface area contributed by atoms with E-state index in [0.717, 1.165) is 18.9 Å². The van der Waals surface area contributed by atoms with E-state index in [0.29, 0.717) is 0 Å². The summed E-state index contributed by atoms with van der Waals surface area (Å²) >= 11 is 0. The highest BCUT2D eigenvalue weighted by atomic mass is 15.2. The largest absolute Gasteiger partial charge is 0.352 e. The third-order valence-electron chi connectivity index (χ3n) is 4.00. The molecule has 0 bridgehead atoms. The standard InChI is InChI=1S/C15H26N4/c1-4-13-10-16-14(17-11-13)18-12-15(2,3)19-8-6-5-7-9-19/h10-11H,4-9,12H2,1-3H3,(H,16,17,18). The number of piperidine rings is 1. The molecule has 0 atom stereocenters. The van der Waals surface area contributed by atoms with Crippen LogP contribution in [-0.2, 0) is 6.42 Å². The van der Waals surface area contributed by atoms with Crippen molar-refractivity contribution in [2.24, 2.45) is 0 Å². The fraction of sp³-hybridized carbons (Fsp3) is 0.733. The monoisotopic (exact) mass is 262 g/mol. The maximum atomic E-state index is 4.36. The van der Waals surface area contributed by atoms with Crippen molar-refractivity contribution in [2.45, 2.75) is 52.0 Å². The van der Waals surface area contributed by atoms with E-state index in [1.165, 1.54) is 37.9 Å². The van der Waals surface area contributed by atoms with Gasteiger partial charge in [0.15, 0.2) is 0 Å². The molecule has 0 spiro atoms. The Morgan fingerprint density at radius 3 is 2.37 bits per heavy atom. The molecule has 0 aromatic carbocycles. The van der Waals surface area contributed by atoms with Gasteiger partial charge in [0.2, 0.25) is 5.95 Å². The lowest BCUT2D eigenvalue weighted by atomic mass is 9.98. The first kappa shape index (κ1) is 14.3. The van der Waals surface area contributed by atoms with Crippen molar-refractivity contribution in [1.29, 1.82) is 0 Å². The number of likely N-dealkylation sites (tertiary alicyclic amines) is 1. The summed E-state index contributed by atoms with van der Waals surface area (Å²) in [5, 5.41) is 3.37. The van der Waals surface area contributed by atoms with E-state index in [-0.39, 0.29) is 5.54 Å². The van der Waals surface area contributed by atoms with E-state index in [1.54, 1.807) is 0 Å². The lowest BCUT2D eigenvalue weighted by molar-refractivity contribution is 0.105. The molecule has 19 heavy (non-hydrogen) atoms. The van der Waals surface area contributed by atoms with Crippen molar-refractivity contribution in [2.75, 3.05) is 25.0 Å². The molecular weight excluding hydrogens is 236 g/mol. The number of nitrogens with one attached hydrogen (secondary N) is 1. The molecule has 1 saturated heterocycles. The van der Waals surface area contributed by atoms with Gasteiger partial charge in [-0.3, -0.25) is 4.90 Å². The SMILES string of the molecule is CCc1cnc(NCC(C)(C)N2CCCCC2)nc1. The zero-order chi connectivity index (χ0) is 13.7. The minimum absolute atomic E-state index is 0.160. The highest BCUT2D eigenvalue weighted by Gasteiger charge is 2.27. The van der Waals surface area contributed by atoms with Gasteiger partial charge in [-0.15, -0.1) is 0 Å². The van der Waals surface area contributed by atoms with Crippen molar-refractivity contribution in [3.8, 4) is 0 Å². The summed E-state index contributed by atoms with van der Waals surface area (Å²) in [5.41, 5.74) is 1.34. The molecule has 0 unspecified atom stereocenters. The van der Waals surface area contributed by atoms with Crippen molar-refractivity contribution in [1.82, 2.24) is 14.9 Å². The molecule has 106 valence electrons. The quantitative estimate of drug-likeness (QED) is 0.886. The summed E-state index contributed by atoms with van der Waals surface area (Å²) < 4.78 is 0. The molecular formula is C15H26N4. The molecule has 1 N–H and O–H groups in total. The van der Waals surface area contributed by atoms with Crippen LogP contribution in [0.4, 0.5) is 5.95 Å². The number of aryl methyl sites for hydroxylation is 1. The summed E-state index contributed by atoms with van der Waals surface area (Å²) in [6.07, 6.45) is 8.82. The Morgan fingerprint density at radius 1 is 1.16 bits per heavy atom. The summed E-state index contributed by atoms with van der Waals surface area (Å²) in [4.78, 5) is 11.3. The number of hydrogen-bond acceptors (Lipinski definition) is 4. The topological polar surface area (TPSA) is 41.1 Å². The fourth-order valence-corrected chi connectivity index (χ4v) is 2.54. The lowest BCUT2D eigenvalue weighted by Gasteiger charge is -2.41. The van der Waals surface area contributed by atoms with E-state index in [2.05, 4.69) is 41.0 Å². The first-order valence-electron chi connectivity index (χ1n) is 7.41. The predicted octanol–water partition coefficient (Wildman–Crippen LogP) is 2.72. The van der Waals surface area contributed by atoms with Crippen molar-refractivity contribution in [3.05, 3.63) is 18.0 Å². The minimum atomic E-state index is 0.160. The molecule has 1 aromatic heterocycles. The van der Waals surface area contributed by atoms with Crippen LogP contribution in [0.3, 0.4) is 0 Å². The summed E-state index contributed by atoms with van der Waals surface area (Å²) in [6, 6.07) is 0. The third kappa shape index (κ3) is 3.90. The normalized spacial score (nSPS) is 17.4. The van der Waals surface area contributed by atoms with Crippen molar-refractivity contribution in [3.63, 3.8) is 0 Å². The van der Waals surface area contributed by atoms with Crippen LogP contribution in [0.2, 0.25) is 0 Å². The van der Waals surface area contributed by atoms with Crippen LogP contribution in [0.1, 0.15) is 45.6 Å². The molecule has 2 rings (SSSR count). The fourth-order valence-electron chi connectivity index (χ4n) is 2.54. The molecule has 1 aliphatic heterocycles. The molecule has 4 nitrogen and oxygen atoms in total. The van der Waals surface area contributed by atoms with Gasteiger partial charge >= 0.3 is 0 Å². The molecule has 0 amide bonds. The molecule has 1 fully saturated rings. The van der Waals surface area contributed by atoms with Gasteiger partial charge in [-0.05, 0) is 51.8 Å². The van der Waals surface area contributed by atoms with Gasteiger partial charge in [0.25, 0.3) is 0 Å². The van der Waals surface area contributed by atoms with Crippen LogP contribution in [0.15, 0.2) is 12.4 Å². The molecule has 2 heterocycles. The highest BCUT2D eigenvalue weighted by molar-refractivity contribution is 5.25. The third-order valence-corrected chi connectivity index (χ3v) is 4.00. The zero-order valence-corrected chi connectivity index (χ0v) is 12.4. The van der Waals surface area contributed by atoms with Gasteiger partial charge in [-0.1, -0.05) is 13.3 Å². The summed E-state index contributed by atoms with van der Waals surface area (Å²) in [5.74, 6) is 0.738. The Labute approximate surface area is 116 Å². The average molecular weight is 262 g/mol. The van der Waals surface area contributed by atoms with Gasteiger partial charge in [0, 0.05) is 24.5 Å². The average Bonchev–Trinajstić information content (AvgIpc) is 2.47. The van der Waals surface area contributed by atoms with Crippen LogP contribution >= 0.6 is 0 Å². The second kappa shape index (κ2) is 6.33. The first-order chi connectivity index (χ1) is 9.12. The van der Waals surface area contributed by atoms with Crippen molar-refractivity contribution >= 4 is 5.95 Å². The molecule has 0 radical (unpaired) electrons. The Bertz CT molecular complexity index is 380. The second-order valence-electron chi connectivity index (χ2n) is 5.98. The molecule has 0 saturated carbocycles. The second-order valence-corrected chi connectivity index (χ2v) is 5.98. The molecule has 4 heteroatoms. The van der Waals surface area contributed by atoms with E-state index in [9.17, 15) is 0 Å². The van der Waals surface area contributed by atoms with Gasteiger partial charge < -0.3 is 5.32 Å². The Morgan fingerprint density at radius 2 is 1.79 bits per heavy atom. The smallest absolute Gasteiger partial charge is 0.222 e. The number of rotatable bonds is 5. The Balaban J connectivity index is 1.88. The zero-order valence-electron chi connectivity index (χ0n) is 12.4. The van der Waals surface area contributed by atoms with Crippen LogP contribution in [0.5, 0.6) is 0 Å². The van der Waals surface area contributed by atoms with Crippen LogP contribution in [-0.4, -0.2) is 40.0 Å². The minimum Gasteiger partial charge on any atom is -0.352 e. The van der Waals surface area contributed by atoms with E-state index in [1.807, 2.05) is 12.4 Å². The van der Waals surface area contributed by atoms with Gasteiger partial charge in [0.1, 0.15) is 0 Å². The first-order valence-corrected chi connectivity index (χ1v) is 7.41. The Kier molecular flexibility index (Phi) is 4.75. The lowest BCUT2D eigenvalue weighted by Crippen LogP contribution is -2.51. The maximum absolute atomic E-state index is 4.36. The number of anilines is 1. The van der Waals surface area contributed by atoms with E-state index in [4.69, 9.17) is 0 Å². The maximum Gasteiger partial charge on any atom is 0.222 e. The number of nitrogens with zero attached hydrogens (tertiary/aromatic N) is 3. The van der Waals surface area contributed by atoms with E-state index >= 15 is 0 Å². The number of aromatic nitrogens is 2. The van der Waals surface area contributed by atoms with Gasteiger partial charge in [0.05, 0.1) is 0 Å². The van der Waals surface area contributed by atoms with Crippen LogP contribution in [0.25, 0.3) is 0 Å². The van der Waals surface area contributed by atoms with Crippen LogP contribution in [0, 0.1) is 0 Å². The van der Waals surface area contributed by atoms with Crippen molar-refractivity contribution < 1.29 is 0 Å². The van der Waals surface area contributed by atoms with Gasteiger partial charge in [-0.25, -0.2) is 9.97 Å². The molecule has 0 aliphatic carbocycles. The van der Waals surface area contributed by atoms with Gasteiger partial charge in [-0.2, -0.15) is 0 Å². The Hall–Kier alpha value is -1.16. The number of hydrogen-bond donors (Lipinski definition) is 1. The van der Waals surface area contributed by atoms with E-state index < -0.39 is 0 Å². The van der Waals surface area contributed by atoms with Crippen LogP contribution < -0.4 is 5.32 Å². The summed E-state index contributed by atoms with van der Waals surface area (Å²) in [6.45, 7) is 10.0. The predicted molar refractivity (Wildman–Crippen MR) is 79.4 cm³/mol. The molecule has 1 aromatic rings. The molecule has 1 aliphatic rings. The highest BCUT2D eigenvalue weighted by Crippen LogP contribution is 2.20. The summed E-state index contributed by atoms with van der Waals surface area (Å²) in [7, 11) is 0.